The van der Waals surface area contributed by atoms with E-state index in [1.807, 2.05) is 24.5 Å². The molecule has 0 atom stereocenters. The zero-order valence-electron chi connectivity index (χ0n) is 11.7. The Morgan fingerprint density at radius 2 is 2.29 bits per heavy atom. The van der Waals surface area contributed by atoms with Crippen LogP contribution in [0.3, 0.4) is 0 Å². The summed E-state index contributed by atoms with van der Waals surface area (Å²) in [6.45, 7) is 4.19. The molecule has 0 N–H and O–H groups in total. The molecule has 0 saturated heterocycles. The highest BCUT2D eigenvalue weighted by molar-refractivity contribution is 5.51. The zero-order valence-corrected chi connectivity index (χ0v) is 11.7. The van der Waals surface area contributed by atoms with Gasteiger partial charge in [-0.1, -0.05) is 0 Å². The molecule has 0 radical (unpaired) electrons. The fourth-order valence-corrected chi connectivity index (χ4v) is 1.91. The van der Waals surface area contributed by atoms with Crippen LogP contribution in [0.5, 0.6) is 5.75 Å². The van der Waals surface area contributed by atoms with Crippen molar-refractivity contribution in [3.05, 3.63) is 52.1 Å². The highest BCUT2D eigenvalue weighted by atomic mass is 16.6. The molecule has 0 saturated carbocycles. The van der Waals surface area contributed by atoms with E-state index in [-0.39, 0.29) is 29.6 Å². The first kappa shape index (κ1) is 14.5. The first-order chi connectivity index (χ1) is 10.0. The van der Waals surface area contributed by atoms with Gasteiger partial charge in [0.05, 0.1) is 34.8 Å². The molecule has 0 aliphatic rings. The molecule has 7 nitrogen and oxygen atoms in total. The van der Waals surface area contributed by atoms with Crippen molar-refractivity contribution in [2.45, 2.75) is 26.5 Å². The van der Waals surface area contributed by atoms with E-state index in [4.69, 9.17) is 10.00 Å². The molecule has 0 aliphatic heterocycles. The zero-order chi connectivity index (χ0) is 15.4. The first-order valence-electron chi connectivity index (χ1n) is 6.35. The molecule has 7 heteroatoms. The van der Waals surface area contributed by atoms with Crippen molar-refractivity contribution in [2.24, 2.45) is 0 Å². The molecule has 1 aromatic heterocycles. The molecule has 2 aromatic rings. The third-order valence-corrected chi connectivity index (χ3v) is 2.96. The number of benzene rings is 1. The van der Waals surface area contributed by atoms with Crippen molar-refractivity contribution in [2.75, 3.05) is 0 Å². The molecule has 0 unspecified atom stereocenters. The highest BCUT2D eigenvalue weighted by Crippen LogP contribution is 2.28. The minimum Gasteiger partial charge on any atom is -0.480 e. The second-order valence-corrected chi connectivity index (χ2v) is 4.73. The molecule has 0 bridgehead atoms. The SMILES string of the molecule is CC(C)n1cncc1COc1ccc(C#N)cc1[N+](=O)[O-]. The van der Waals surface area contributed by atoms with Gasteiger partial charge in [-0.3, -0.25) is 10.1 Å². The minimum absolute atomic E-state index is 0.135. The lowest BCUT2D eigenvalue weighted by Gasteiger charge is -2.12. The molecule has 0 aliphatic carbocycles. The van der Waals surface area contributed by atoms with Gasteiger partial charge in [0.1, 0.15) is 6.61 Å². The van der Waals surface area contributed by atoms with E-state index in [1.165, 1.54) is 18.2 Å². The van der Waals surface area contributed by atoms with E-state index in [2.05, 4.69) is 4.98 Å². The third-order valence-electron chi connectivity index (χ3n) is 2.96. The molecule has 0 amide bonds. The molecule has 1 aromatic carbocycles. The monoisotopic (exact) mass is 286 g/mol. The van der Waals surface area contributed by atoms with Crippen LogP contribution in [0.4, 0.5) is 5.69 Å². The number of nitro groups is 1. The molecule has 0 fully saturated rings. The molecular formula is C14H14N4O3. The van der Waals surface area contributed by atoms with Crippen LogP contribution < -0.4 is 4.74 Å². The summed E-state index contributed by atoms with van der Waals surface area (Å²) in [6, 6.07) is 6.22. The summed E-state index contributed by atoms with van der Waals surface area (Å²) < 4.78 is 7.45. The van der Waals surface area contributed by atoms with Gasteiger partial charge in [-0.25, -0.2) is 4.98 Å². The maximum Gasteiger partial charge on any atom is 0.312 e. The van der Waals surface area contributed by atoms with E-state index in [1.54, 1.807) is 12.5 Å². The van der Waals surface area contributed by atoms with Crippen LogP contribution in [0.25, 0.3) is 0 Å². The number of rotatable bonds is 5. The van der Waals surface area contributed by atoms with Gasteiger partial charge in [-0.05, 0) is 26.0 Å². The lowest BCUT2D eigenvalue weighted by Crippen LogP contribution is -2.08. The predicted molar refractivity (Wildman–Crippen MR) is 74.8 cm³/mol. The summed E-state index contributed by atoms with van der Waals surface area (Å²) in [6.07, 6.45) is 3.35. The van der Waals surface area contributed by atoms with Crippen molar-refractivity contribution < 1.29 is 9.66 Å². The van der Waals surface area contributed by atoms with Gasteiger partial charge in [0.2, 0.25) is 0 Å². The number of hydrogen-bond donors (Lipinski definition) is 0. The van der Waals surface area contributed by atoms with Crippen molar-refractivity contribution in [1.82, 2.24) is 9.55 Å². The van der Waals surface area contributed by atoms with Gasteiger partial charge in [0.15, 0.2) is 5.75 Å². The molecule has 0 spiro atoms. The van der Waals surface area contributed by atoms with Crippen LogP contribution in [0.2, 0.25) is 0 Å². The Hall–Kier alpha value is -2.88. The smallest absolute Gasteiger partial charge is 0.312 e. The molecule has 1 heterocycles. The second-order valence-electron chi connectivity index (χ2n) is 4.73. The Morgan fingerprint density at radius 3 is 2.90 bits per heavy atom. The minimum atomic E-state index is -0.560. The number of imidazole rings is 1. The fraction of sp³-hybridized carbons (Fsp3) is 0.286. The Balaban J connectivity index is 2.22. The average molecular weight is 286 g/mol. The van der Waals surface area contributed by atoms with Crippen molar-refractivity contribution in [1.29, 1.82) is 5.26 Å². The maximum absolute atomic E-state index is 11.0. The summed E-state index contributed by atoms with van der Waals surface area (Å²) in [5.74, 6) is 0.135. The fourth-order valence-electron chi connectivity index (χ4n) is 1.91. The van der Waals surface area contributed by atoms with Crippen LogP contribution in [-0.4, -0.2) is 14.5 Å². The van der Waals surface area contributed by atoms with Crippen molar-refractivity contribution in [3.8, 4) is 11.8 Å². The van der Waals surface area contributed by atoms with Crippen LogP contribution in [-0.2, 0) is 6.61 Å². The van der Waals surface area contributed by atoms with Crippen LogP contribution >= 0.6 is 0 Å². The van der Waals surface area contributed by atoms with Gasteiger partial charge in [-0.15, -0.1) is 0 Å². The molecule has 21 heavy (non-hydrogen) atoms. The number of nitro benzene ring substituents is 1. The van der Waals surface area contributed by atoms with Gasteiger partial charge in [0.25, 0.3) is 0 Å². The Bertz CT molecular complexity index is 700. The number of nitriles is 1. The van der Waals surface area contributed by atoms with E-state index in [0.717, 1.165) is 5.69 Å². The van der Waals surface area contributed by atoms with Crippen LogP contribution in [0, 0.1) is 21.4 Å². The number of aromatic nitrogens is 2. The Kier molecular flexibility index (Phi) is 4.18. The van der Waals surface area contributed by atoms with E-state index < -0.39 is 4.92 Å². The van der Waals surface area contributed by atoms with Crippen molar-refractivity contribution >= 4 is 5.69 Å². The Labute approximate surface area is 121 Å². The summed E-state index contributed by atoms with van der Waals surface area (Å²) in [4.78, 5) is 14.5. The van der Waals surface area contributed by atoms with E-state index >= 15 is 0 Å². The van der Waals surface area contributed by atoms with Gasteiger partial charge in [-0.2, -0.15) is 5.26 Å². The molecule has 108 valence electrons. The van der Waals surface area contributed by atoms with E-state index in [9.17, 15) is 10.1 Å². The maximum atomic E-state index is 11.0. The molecule has 2 rings (SSSR count). The number of nitrogens with zero attached hydrogens (tertiary/aromatic N) is 4. The first-order valence-corrected chi connectivity index (χ1v) is 6.35. The van der Waals surface area contributed by atoms with Gasteiger partial charge < -0.3 is 9.30 Å². The quantitative estimate of drug-likeness (QED) is 0.622. The predicted octanol–water partition coefficient (Wildman–Crippen LogP) is 2.82. The lowest BCUT2D eigenvalue weighted by molar-refractivity contribution is -0.386. The summed E-state index contributed by atoms with van der Waals surface area (Å²) in [5.41, 5.74) is 0.828. The second kappa shape index (κ2) is 6.05. The largest absolute Gasteiger partial charge is 0.480 e. The third kappa shape index (κ3) is 3.17. The van der Waals surface area contributed by atoms with Crippen molar-refractivity contribution in [3.63, 3.8) is 0 Å². The molecular weight excluding hydrogens is 272 g/mol. The summed E-state index contributed by atoms with van der Waals surface area (Å²) >= 11 is 0. The van der Waals surface area contributed by atoms with E-state index in [0.29, 0.717) is 0 Å². The number of ether oxygens (including phenoxy) is 1. The number of hydrogen-bond acceptors (Lipinski definition) is 5. The summed E-state index contributed by atoms with van der Waals surface area (Å²) in [7, 11) is 0. The van der Waals surface area contributed by atoms with Crippen LogP contribution in [0.1, 0.15) is 31.1 Å². The normalized spacial score (nSPS) is 10.4. The lowest BCUT2D eigenvalue weighted by atomic mass is 10.2. The van der Waals surface area contributed by atoms with Gasteiger partial charge in [0, 0.05) is 12.1 Å². The summed E-state index contributed by atoms with van der Waals surface area (Å²) in [5, 5.41) is 19.8. The Morgan fingerprint density at radius 1 is 1.52 bits per heavy atom. The average Bonchev–Trinajstić information content (AvgIpc) is 2.93. The highest BCUT2D eigenvalue weighted by Gasteiger charge is 2.17. The standard InChI is InChI=1S/C14H14N4O3/c1-10(2)17-9-16-7-12(17)8-21-14-4-3-11(6-15)5-13(14)18(19)20/h3-5,7,9-10H,8H2,1-2H3. The van der Waals surface area contributed by atoms with Crippen LogP contribution in [0.15, 0.2) is 30.7 Å². The van der Waals surface area contributed by atoms with Gasteiger partial charge >= 0.3 is 5.69 Å². The topological polar surface area (TPSA) is 94.0 Å².